The number of carbonyl (C=O) groups excluding carboxylic acids is 2. The molecule has 14 heteroatoms. The second-order valence-electron chi connectivity index (χ2n) is 8.92. The summed E-state index contributed by atoms with van der Waals surface area (Å²) in [7, 11) is -3.61. The van der Waals surface area contributed by atoms with Crippen molar-refractivity contribution in [3.8, 4) is 0 Å². The molecule has 0 amide bonds. The second-order valence-corrected chi connectivity index (χ2v) is 11.2. The molecule has 2 aromatic rings. The van der Waals surface area contributed by atoms with E-state index >= 15 is 0 Å². The Bertz CT molecular complexity index is 1030. The SMILES string of the molecule is CCCCOC(=O)[C@H](C)NP(=O)(CO[C@H](C)Cn1cnc2c(N)ncnc21)N[C@@H](C)C(=O)OCCCC. The molecule has 3 atom stereocenters. The molecule has 0 radical (unpaired) electrons. The van der Waals surface area contributed by atoms with E-state index in [1.807, 2.05) is 13.8 Å². The molecule has 4 N–H and O–H groups in total. The zero-order chi connectivity index (χ0) is 27.4. The standard InChI is InChI=1S/C23H40N7O6P/c1-6-8-10-34-22(31)17(4)28-37(33,29-18(5)23(32)35-11-9-7-2)15-36-16(3)12-30-14-27-19-20(24)25-13-26-21(19)30/h13-14,16-18H,6-12,15H2,1-5H3,(H2,24,25,26)(H2,28,29,33)/t16-,17+,18+/m1/s1. The second kappa shape index (κ2) is 15.0. The number of imidazole rings is 1. The smallest absolute Gasteiger partial charge is 0.323 e. The first-order valence-corrected chi connectivity index (χ1v) is 14.5. The summed E-state index contributed by atoms with van der Waals surface area (Å²) in [5.41, 5.74) is 6.88. The first-order valence-electron chi connectivity index (χ1n) is 12.6. The third-order valence-corrected chi connectivity index (χ3v) is 7.54. The maximum atomic E-state index is 13.8. The predicted octanol–water partition coefficient (Wildman–Crippen LogP) is 2.61. The van der Waals surface area contributed by atoms with E-state index in [-0.39, 0.29) is 25.4 Å². The minimum atomic E-state index is -3.61. The van der Waals surface area contributed by atoms with Gasteiger partial charge in [0.1, 0.15) is 30.3 Å². The van der Waals surface area contributed by atoms with Crippen LogP contribution in [0, 0.1) is 0 Å². The van der Waals surface area contributed by atoms with Crippen molar-refractivity contribution in [3.05, 3.63) is 12.7 Å². The van der Waals surface area contributed by atoms with Gasteiger partial charge in [-0.15, -0.1) is 0 Å². The van der Waals surface area contributed by atoms with Gasteiger partial charge in [-0.05, 0) is 33.6 Å². The number of carbonyl (C=O) groups is 2. The molecule has 0 aromatic carbocycles. The molecule has 13 nitrogen and oxygen atoms in total. The fourth-order valence-electron chi connectivity index (χ4n) is 3.32. The molecular formula is C23H40N7O6P. The Labute approximate surface area is 217 Å². The van der Waals surface area contributed by atoms with Crippen LogP contribution in [0.2, 0.25) is 0 Å². The molecular weight excluding hydrogens is 501 g/mol. The lowest BCUT2D eigenvalue weighted by molar-refractivity contribution is -0.145. The quantitative estimate of drug-likeness (QED) is 0.152. The molecule has 0 bridgehead atoms. The van der Waals surface area contributed by atoms with Crippen LogP contribution in [0.1, 0.15) is 60.3 Å². The minimum absolute atomic E-state index is 0.273. The van der Waals surface area contributed by atoms with Crippen molar-refractivity contribution >= 4 is 36.4 Å². The molecule has 0 aliphatic rings. The highest BCUT2D eigenvalue weighted by Gasteiger charge is 2.32. The number of nitrogens with one attached hydrogen (secondary N) is 2. The topological polar surface area (TPSA) is 173 Å². The Balaban J connectivity index is 2.07. The number of nitrogen functional groups attached to an aromatic ring is 1. The van der Waals surface area contributed by atoms with Crippen molar-refractivity contribution in [1.82, 2.24) is 29.7 Å². The molecule has 2 heterocycles. The largest absolute Gasteiger partial charge is 0.465 e. The highest BCUT2D eigenvalue weighted by molar-refractivity contribution is 7.59. The van der Waals surface area contributed by atoms with E-state index in [1.165, 1.54) is 6.33 Å². The molecule has 0 aliphatic heterocycles. The van der Waals surface area contributed by atoms with E-state index in [1.54, 1.807) is 31.7 Å². The number of hydrogen-bond donors (Lipinski definition) is 3. The molecule has 0 aliphatic carbocycles. The number of rotatable bonds is 17. The van der Waals surface area contributed by atoms with Crippen molar-refractivity contribution in [2.75, 3.05) is 25.3 Å². The van der Waals surface area contributed by atoms with Crippen LogP contribution in [-0.2, 0) is 34.9 Å². The van der Waals surface area contributed by atoms with Crippen molar-refractivity contribution in [3.63, 3.8) is 0 Å². The van der Waals surface area contributed by atoms with Crippen molar-refractivity contribution < 1.29 is 28.4 Å². The first-order chi connectivity index (χ1) is 17.6. The lowest BCUT2D eigenvalue weighted by Gasteiger charge is -2.27. The summed E-state index contributed by atoms with van der Waals surface area (Å²) in [4.78, 5) is 37.2. The van der Waals surface area contributed by atoms with Crippen LogP contribution in [0.25, 0.3) is 11.2 Å². The zero-order valence-electron chi connectivity index (χ0n) is 22.3. The Morgan fingerprint density at radius 3 is 2.11 bits per heavy atom. The van der Waals surface area contributed by atoms with Crippen LogP contribution in [0.5, 0.6) is 0 Å². The fraction of sp³-hybridized carbons (Fsp3) is 0.696. The number of ether oxygens (including phenoxy) is 3. The monoisotopic (exact) mass is 541 g/mol. The predicted molar refractivity (Wildman–Crippen MR) is 140 cm³/mol. The number of hydrogen-bond acceptors (Lipinski definition) is 10. The van der Waals surface area contributed by atoms with Crippen molar-refractivity contribution in [2.24, 2.45) is 0 Å². The van der Waals surface area contributed by atoms with Crippen LogP contribution in [0.4, 0.5) is 5.82 Å². The van der Waals surface area contributed by atoms with Crippen LogP contribution in [0.3, 0.4) is 0 Å². The van der Waals surface area contributed by atoms with Gasteiger partial charge < -0.3 is 24.5 Å². The maximum absolute atomic E-state index is 13.8. The van der Waals surface area contributed by atoms with Gasteiger partial charge in [-0.2, -0.15) is 0 Å². The lowest BCUT2D eigenvalue weighted by atomic mass is 10.3. The first kappa shape index (κ1) is 30.6. The highest BCUT2D eigenvalue weighted by atomic mass is 31.2. The normalized spacial score (nSPS) is 14.3. The van der Waals surface area contributed by atoms with Crippen LogP contribution in [0.15, 0.2) is 12.7 Å². The summed E-state index contributed by atoms with van der Waals surface area (Å²) in [5.74, 6) is -0.803. The van der Waals surface area contributed by atoms with Crippen LogP contribution in [-0.4, -0.2) is 69.2 Å². The Morgan fingerprint density at radius 1 is 1.00 bits per heavy atom. The molecule has 37 heavy (non-hydrogen) atoms. The molecule has 0 saturated carbocycles. The van der Waals surface area contributed by atoms with Gasteiger partial charge in [0.2, 0.25) is 7.44 Å². The zero-order valence-corrected chi connectivity index (χ0v) is 23.2. The van der Waals surface area contributed by atoms with E-state index in [2.05, 4.69) is 25.1 Å². The van der Waals surface area contributed by atoms with Gasteiger partial charge in [0, 0.05) is 0 Å². The number of unbranched alkanes of at least 4 members (excludes halogenated alkanes) is 2. The van der Waals surface area contributed by atoms with Crippen LogP contribution >= 0.6 is 7.44 Å². The number of aromatic nitrogens is 4. The summed E-state index contributed by atoms with van der Waals surface area (Å²) >= 11 is 0. The number of nitrogens with two attached hydrogens (primary N) is 1. The van der Waals surface area contributed by atoms with E-state index in [0.717, 1.165) is 25.7 Å². The number of esters is 2. The Hall–Kier alpha value is -2.60. The van der Waals surface area contributed by atoms with Gasteiger partial charge in [0.25, 0.3) is 0 Å². The average molecular weight is 542 g/mol. The molecule has 208 valence electrons. The molecule has 0 saturated heterocycles. The Morgan fingerprint density at radius 2 is 1.57 bits per heavy atom. The molecule has 0 fully saturated rings. The number of nitrogens with zero attached hydrogens (tertiary/aromatic N) is 4. The van der Waals surface area contributed by atoms with Gasteiger partial charge in [-0.25, -0.2) is 25.1 Å². The van der Waals surface area contributed by atoms with Gasteiger partial charge in [0.05, 0.1) is 32.2 Å². The highest BCUT2D eigenvalue weighted by Crippen LogP contribution is 2.38. The molecule has 0 unspecified atom stereocenters. The third kappa shape index (κ3) is 9.66. The van der Waals surface area contributed by atoms with Gasteiger partial charge >= 0.3 is 11.9 Å². The number of fused-ring (bicyclic) bond motifs is 1. The summed E-state index contributed by atoms with van der Waals surface area (Å²) in [5, 5.41) is 5.61. The summed E-state index contributed by atoms with van der Waals surface area (Å²) < 4.78 is 32.0. The molecule has 0 spiro atoms. The van der Waals surface area contributed by atoms with E-state index < -0.39 is 37.6 Å². The average Bonchev–Trinajstić information content (AvgIpc) is 3.26. The van der Waals surface area contributed by atoms with Crippen molar-refractivity contribution in [2.45, 2.75) is 85.0 Å². The Kier molecular flexibility index (Phi) is 12.4. The van der Waals surface area contributed by atoms with E-state index in [9.17, 15) is 14.2 Å². The fourth-order valence-corrected chi connectivity index (χ4v) is 5.47. The molecule has 2 rings (SSSR count). The minimum Gasteiger partial charge on any atom is -0.465 e. The third-order valence-electron chi connectivity index (χ3n) is 5.42. The summed E-state index contributed by atoms with van der Waals surface area (Å²) in [6.45, 7) is 9.78. The summed E-state index contributed by atoms with van der Waals surface area (Å²) in [6, 6.07) is -1.79. The summed E-state index contributed by atoms with van der Waals surface area (Å²) in [6.07, 6.45) is 5.43. The van der Waals surface area contributed by atoms with E-state index in [0.29, 0.717) is 17.7 Å². The maximum Gasteiger partial charge on any atom is 0.323 e. The van der Waals surface area contributed by atoms with Gasteiger partial charge in [0.15, 0.2) is 11.5 Å². The lowest BCUT2D eigenvalue weighted by Crippen LogP contribution is -2.43. The van der Waals surface area contributed by atoms with Crippen molar-refractivity contribution in [1.29, 1.82) is 0 Å². The van der Waals surface area contributed by atoms with Gasteiger partial charge in [-0.1, -0.05) is 26.7 Å². The van der Waals surface area contributed by atoms with Gasteiger partial charge in [-0.3, -0.25) is 14.2 Å². The number of anilines is 1. The van der Waals surface area contributed by atoms with E-state index in [4.69, 9.17) is 19.9 Å². The van der Waals surface area contributed by atoms with Crippen LogP contribution < -0.4 is 15.9 Å². The molecule has 2 aromatic heterocycles.